The fourth-order valence-electron chi connectivity index (χ4n) is 4.81. The monoisotopic (exact) mass is 443 g/mol. The van der Waals surface area contributed by atoms with E-state index in [1.54, 1.807) is 13.0 Å². The summed E-state index contributed by atoms with van der Waals surface area (Å²) in [6.45, 7) is 1.70. The van der Waals surface area contributed by atoms with E-state index in [0.29, 0.717) is 34.5 Å². The second-order valence-corrected chi connectivity index (χ2v) is 8.65. The predicted octanol–water partition coefficient (Wildman–Crippen LogP) is 5.88. The first kappa shape index (κ1) is 21.4. The van der Waals surface area contributed by atoms with Crippen LogP contribution >= 0.6 is 11.6 Å². The van der Waals surface area contributed by atoms with Crippen molar-refractivity contribution in [2.75, 3.05) is 0 Å². The number of benzene rings is 2. The predicted molar refractivity (Wildman–Crippen MR) is 116 cm³/mol. The van der Waals surface area contributed by atoms with Crippen molar-refractivity contribution in [3.05, 3.63) is 64.1 Å². The van der Waals surface area contributed by atoms with Gasteiger partial charge in [0.2, 0.25) is 0 Å². The van der Waals surface area contributed by atoms with Gasteiger partial charge in [0.05, 0.1) is 16.5 Å². The Balaban J connectivity index is 1.89. The first-order valence-electron chi connectivity index (χ1n) is 10.3. The van der Waals surface area contributed by atoms with Gasteiger partial charge in [-0.3, -0.25) is 14.2 Å². The van der Waals surface area contributed by atoms with Crippen LogP contribution in [0.3, 0.4) is 0 Å². The van der Waals surface area contributed by atoms with Gasteiger partial charge in [0.15, 0.2) is 0 Å². The lowest BCUT2D eigenvalue weighted by Gasteiger charge is -2.18. The van der Waals surface area contributed by atoms with Crippen molar-refractivity contribution in [1.82, 2.24) is 4.57 Å². The summed E-state index contributed by atoms with van der Waals surface area (Å²) >= 11 is 5.75. The van der Waals surface area contributed by atoms with E-state index in [2.05, 4.69) is 0 Å². The van der Waals surface area contributed by atoms with Crippen LogP contribution in [-0.2, 0) is 4.79 Å². The Labute approximate surface area is 184 Å². The maximum atomic E-state index is 14.0. The van der Waals surface area contributed by atoms with Crippen LogP contribution in [0.2, 0.25) is 5.02 Å². The molecule has 0 saturated heterocycles. The molecule has 1 aromatic heterocycles. The number of nitrogens with zero attached hydrogens (tertiary/aromatic N) is 1. The molecule has 0 amide bonds. The van der Waals surface area contributed by atoms with Gasteiger partial charge in [-0.05, 0) is 61.2 Å². The number of phenols is 1. The highest BCUT2D eigenvalue weighted by Crippen LogP contribution is 2.40. The van der Waals surface area contributed by atoms with Crippen molar-refractivity contribution >= 4 is 34.4 Å². The largest absolute Gasteiger partial charge is 0.508 e. The highest BCUT2D eigenvalue weighted by Gasteiger charge is 2.32. The summed E-state index contributed by atoms with van der Waals surface area (Å²) in [4.78, 5) is 25.6. The standard InChI is InChI=1S/C24H23ClFNO4/c1-13-22(18(24(30)31)10-14-4-2-3-5-14)17-12-16(28)7-9-21(17)27(13)23(29)15-6-8-19(25)20(26)11-15/h6-9,11-12,14,18,28H,2-5,10H2,1H3,(H,30,31)/t18-/m0/s1. The van der Waals surface area contributed by atoms with Gasteiger partial charge in [0.1, 0.15) is 11.6 Å². The van der Waals surface area contributed by atoms with Gasteiger partial charge in [-0.15, -0.1) is 0 Å². The fourth-order valence-corrected chi connectivity index (χ4v) is 4.93. The van der Waals surface area contributed by atoms with Crippen LogP contribution in [0.5, 0.6) is 5.75 Å². The third-order valence-electron chi connectivity index (χ3n) is 6.30. The summed E-state index contributed by atoms with van der Waals surface area (Å²) < 4.78 is 15.4. The quantitative estimate of drug-likeness (QED) is 0.515. The lowest BCUT2D eigenvalue weighted by Crippen LogP contribution is -2.18. The van der Waals surface area contributed by atoms with Gasteiger partial charge in [-0.2, -0.15) is 0 Å². The van der Waals surface area contributed by atoms with Crippen molar-refractivity contribution in [3.63, 3.8) is 0 Å². The molecule has 4 rings (SSSR count). The normalized spacial score (nSPS) is 15.5. The Bertz CT molecular complexity index is 1180. The van der Waals surface area contributed by atoms with Crippen molar-refractivity contribution in [2.24, 2.45) is 5.92 Å². The van der Waals surface area contributed by atoms with Gasteiger partial charge in [0, 0.05) is 16.6 Å². The number of fused-ring (bicyclic) bond motifs is 1. The fraction of sp³-hybridized carbons (Fsp3) is 0.333. The zero-order valence-electron chi connectivity index (χ0n) is 17.1. The topological polar surface area (TPSA) is 79.5 Å². The number of carbonyl (C=O) groups excluding carboxylic acids is 1. The molecular weight excluding hydrogens is 421 g/mol. The number of phenolic OH excluding ortho intramolecular Hbond substituents is 1. The van der Waals surface area contributed by atoms with Gasteiger partial charge < -0.3 is 10.2 Å². The van der Waals surface area contributed by atoms with Crippen LogP contribution in [0, 0.1) is 18.7 Å². The smallest absolute Gasteiger partial charge is 0.311 e. The number of carboxylic acid groups (broad SMARTS) is 1. The van der Waals surface area contributed by atoms with E-state index < -0.39 is 23.6 Å². The summed E-state index contributed by atoms with van der Waals surface area (Å²) in [5, 5.41) is 20.6. The number of halogens is 2. The molecule has 1 heterocycles. The van der Waals surface area contributed by atoms with Gasteiger partial charge >= 0.3 is 5.97 Å². The molecule has 0 spiro atoms. The summed E-state index contributed by atoms with van der Waals surface area (Å²) in [5.74, 6) is -2.65. The minimum atomic E-state index is -0.956. The highest BCUT2D eigenvalue weighted by atomic mass is 35.5. The lowest BCUT2D eigenvalue weighted by molar-refractivity contribution is -0.139. The molecule has 0 unspecified atom stereocenters. The summed E-state index contributed by atoms with van der Waals surface area (Å²) in [7, 11) is 0. The van der Waals surface area contributed by atoms with Crippen molar-refractivity contribution in [3.8, 4) is 5.75 Å². The first-order chi connectivity index (χ1) is 14.8. The molecule has 7 heteroatoms. The van der Waals surface area contributed by atoms with E-state index in [0.717, 1.165) is 31.7 Å². The number of carbonyl (C=O) groups is 2. The van der Waals surface area contributed by atoms with Crippen molar-refractivity contribution in [2.45, 2.75) is 44.9 Å². The molecule has 1 atom stereocenters. The van der Waals surface area contributed by atoms with Crippen LogP contribution in [0.1, 0.15) is 59.6 Å². The molecule has 1 aliphatic carbocycles. The molecule has 5 nitrogen and oxygen atoms in total. The number of carboxylic acids is 1. The molecule has 2 N–H and O–H groups in total. The molecule has 1 saturated carbocycles. The molecule has 2 aromatic carbocycles. The Kier molecular flexibility index (Phi) is 5.75. The highest BCUT2D eigenvalue weighted by molar-refractivity contribution is 6.30. The summed E-state index contributed by atoms with van der Waals surface area (Å²) in [6, 6.07) is 8.35. The van der Waals surface area contributed by atoms with E-state index in [1.165, 1.54) is 28.8 Å². The SMILES string of the molecule is Cc1c([C@H](CC2CCCC2)C(=O)O)c2cc(O)ccc2n1C(=O)c1ccc(Cl)c(F)c1. The zero-order chi connectivity index (χ0) is 22.3. The van der Waals surface area contributed by atoms with Gasteiger partial charge in [-0.1, -0.05) is 37.3 Å². The van der Waals surface area contributed by atoms with Crippen molar-refractivity contribution < 1.29 is 24.2 Å². The van der Waals surface area contributed by atoms with Gasteiger partial charge in [-0.25, -0.2) is 4.39 Å². The molecule has 1 aliphatic rings. The van der Waals surface area contributed by atoms with E-state index >= 15 is 0 Å². The van der Waals surface area contributed by atoms with Crippen LogP contribution in [0.4, 0.5) is 4.39 Å². The minimum absolute atomic E-state index is 0.0131. The zero-order valence-corrected chi connectivity index (χ0v) is 17.8. The molecule has 31 heavy (non-hydrogen) atoms. The summed E-state index contributed by atoms with van der Waals surface area (Å²) in [6.07, 6.45) is 4.67. The van der Waals surface area contributed by atoms with E-state index in [4.69, 9.17) is 11.6 Å². The lowest BCUT2D eigenvalue weighted by atomic mass is 9.86. The van der Waals surface area contributed by atoms with Crippen LogP contribution < -0.4 is 0 Å². The second-order valence-electron chi connectivity index (χ2n) is 8.25. The van der Waals surface area contributed by atoms with Crippen LogP contribution in [0.25, 0.3) is 10.9 Å². The minimum Gasteiger partial charge on any atom is -0.508 e. The van der Waals surface area contributed by atoms with E-state index in [9.17, 15) is 24.2 Å². The number of aliphatic carboxylic acids is 1. The molecule has 0 aliphatic heterocycles. The second kappa shape index (κ2) is 8.35. The van der Waals surface area contributed by atoms with Crippen LogP contribution in [-0.4, -0.2) is 26.7 Å². The average Bonchev–Trinajstić information content (AvgIpc) is 3.33. The summed E-state index contributed by atoms with van der Waals surface area (Å²) in [5.41, 5.74) is 1.58. The van der Waals surface area contributed by atoms with E-state index in [-0.39, 0.29) is 16.3 Å². The Hall–Kier alpha value is -2.86. The van der Waals surface area contributed by atoms with Crippen LogP contribution in [0.15, 0.2) is 36.4 Å². The molecule has 3 aromatic rings. The Morgan fingerprint density at radius 1 is 1.19 bits per heavy atom. The molecule has 0 radical (unpaired) electrons. The number of rotatable bonds is 5. The number of aromatic nitrogens is 1. The Morgan fingerprint density at radius 2 is 1.90 bits per heavy atom. The average molecular weight is 444 g/mol. The van der Waals surface area contributed by atoms with Crippen molar-refractivity contribution in [1.29, 1.82) is 0 Å². The first-order valence-corrected chi connectivity index (χ1v) is 10.7. The number of hydrogen-bond donors (Lipinski definition) is 2. The number of hydrogen-bond acceptors (Lipinski definition) is 3. The Morgan fingerprint density at radius 3 is 2.55 bits per heavy atom. The maximum absolute atomic E-state index is 14.0. The maximum Gasteiger partial charge on any atom is 0.311 e. The van der Waals surface area contributed by atoms with Gasteiger partial charge in [0.25, 0.3) is 5.91 Å². The molecular formula is C24H23ClFNO4. The van der Waals surface area contributed by atoms with E-state index in [1.807, 2.05) is 0 Å². The third-order valence-corrected chi connectivity index (χ3v) is 6.60. The number of aromatic hydroxyl groups is 1. The molecule has 162 valence electrons. The molecule has 0 bridgehead atoms. The third kappa shape index (κ3) is 3.92. The molecule has 1 fully saturated rings.